The lowest BCUT2D eigenvalue weighted by Gasteiger charge is -2.17. The number of carbonyl (C=O) groups excluding carboxylic acids is 1. The van der Waals surface area contributed by atoms with Crippen molar-refractivity contribution >= 4 is 23.2 Å². The van der Waals surface area contributed by atoms with Crippen LogP contribution in [0.1, 0.15) is 48.9 Å². The fourth-order valence-electron chi connectivity index (χ4n) is 2.41. The number of nitrogens with two attached hydrogens (primary N) is 1. The molecule has 0 bridgehead atoms. The minimum atomic E-state index is -0.109. The number of carbonyl (C=O) groups is 1. The minimum Gasteiger partial charge on any atom is -0.398 e. The molecule has 1 amide bonds. The predicted molar refractivity (Wildman–Crippen MR) is 74.8 cm³/mol. The van der Waals surface area contributed by atoms with Crippen LogP contribution in [0.5, 0.6) is 0 Å². The zero-order valence-electron chi connectivity index (χ0n) is 10.4. The molecule has 0 aromatic heterocycles. The smallest absolute Gasteiger partial charge is 0.253 e. The third kappa shape index (κ3) is 3.39. The van der Waals surface area contributed by atoms with Gasteiger partial charge < -0.3 is 11.1 Å². The Labute approximate surface area is 113 Å². The highest BCUT2D eigenvalue weighted by atomic mass is 35.5. The maximum absolute atomic E-state index is 12.1. The van der Waals surface area contributed by atoms with Crippen molar-refractivity contribution in [2.75, 3.05) is 5.73 Å². The average molecular weight is 267 g/mol. The average Bonchev–Trinajstić information content (AvgIpc) is 2.61. The Morgan fingerprint density at radius 3 is 2.56 bits per heavy atom. The molecule has 3 nitrogen and oxygen atoms in total. The molecule has 0 radical (unpaired) electrons. The zero-order valence-corrected chi connectivity index (χ0v) is 11.2. The summed E-state index contributed by atoms with van der Waals surface area (Å²) in [6.07, 6.45) is 7.04. The van der Waals surface area contributed by atoms with Crippen LogP contribution in [-0.4, -0.2) is 11.9 Å². The van der Waals surface area contributed by atoms with Gasteiger partial charge in [0, 0.05) is 16.8 Å². The van der Waals surface area contributed by atoms with Gasteiger partial charge in [0.25, 0.3) is 5.91 Å². The number of amides is 1. The molecule has 0 atom stereocenters. The Bertz CT molecular complexity index is 426. The van der Waals surface area contributed by atoms with E-state index in [0.29, 0.717) is 16.3 Å². The first-order valence-corrected chi connectivity index (χ1v) is 6.90. The summed E-state index contributed by atoms with van der Waals surface area (Å²) in [6, 6.07) is 5.27. The largest absolute Gasteiger partial charge is 0.398 e. The first kappa shape index (κ1) is 13.2. The van der Waals surface area contributed by atoms with E-state index < -0.39 is 0 Å². The summed E-state index contributed by atoms with van der Waals surface area (Å²) in [5, 5.41) is 3.60. The molecule has 98 valence electrons. The van der Waals surface area contributed by atoms with Crippen molar-refractivity contribution in [1.29, 1.82) is 0 Å². The molecule has 0 saturated heterocycles. The van der Waals surface area contributed by atoms with Gasteiger partial charge in [-0.2, -0.15) is 0 Å². The molecule has 18 heavy (non-hydrogen) atoms. The Balaban J connectivity index is 2.04. The lowest BCUT2D eigenvalue weighted by atomic mass is 10.1. The first-order valence-electron chi connectivity index (χ1n) is 6.52. The van der Waals surface area contributed by atoms with Gasteiger partial charge >= 0.3 is 0 Å². The normalized spacial score (nSPS) is 17.2. The summed E-state index contributed by atoms with van der Waals surface area (Å²) in [6.45, 7) is 0. The number of rotatable bonds is 2. The number of hydrogen-bond donors (Lipinski definition) is 2. The van der Waals surface area contributed by atoms with Crippen molar-refractivity contribution in [1.82, 2.24) is 5.32 Å². The molecule has 1 saturated carbocycles. The molecule has 2 rings (SSSR count). The Morgan fingerprint density at radius 2 is 1.89 bits per heavy atom. The van der Waals surface area contributed by atoms with E-state index in [2.05, 4.69) is 5.32 Å². The molecule has 0 aliphatic heterocycles. The highest BCUT2D eigenvalue weighted by Gasteiger charge is 2.17. The molecule has 0 spiro atoms. The number of halogens is 1. The molecule has 1 aromatic rings. The molecular weight excluding hydrogens is 248 g/mol. The van der Waals surface area contributed by atoms with Crippen LogP contribution in [0.3, 0.4) is 0 Å². The van der Waals surface area contributed by atoms with Crippen LogP contribution in [0.25, 0.3) is 0 Å². The molecule has 1 aliphatic rings. The predicted octanol–water partition coefficient (Wildman–Crippen LogP) is 3.37. The quantitative estimate of drug-likeness (QED) is 0.637. The second-order valence-corrected chi connectivity index (χ2v) is 5.33. The number of anilines is 1. The van der Waals surface area contributed by atoms with Crippen molar-refractivity contribution in [3.8, 4) is 0 Å². The van der Waals surface area contributed by atoms with E-state index in [9.17, 15) is 4.79 Å². The molecule has 1 fully saturated rings. The highest BCUT2D eigenvalue weighted by Crippen LogP contribution is 2.20. The summed E-state index contributed by atoms with van der Waals surface area (Å²) in [5.74, 6) is -0.109. The van der Waals surface area contributed by atoms with Crippen molar-refractivity contribution in [3.05, 3.63) is 28.8 Å². The van der Waals surface area contributed by atoms with Gasteiger partial charge in [-0.3, -0.25) is 4.79 Å². The lowest BCUT2D eigenvalue weighted by Crippen LogP contribution is -2.34. The van der Waals surface area contributed by atoms with Gasteiger partial charge in [-0.1, -0.05) is 37.3 Å². The van der Waals surface area contributed by atoms with Gasteiger partial charge in [0.05, 0.1) is 5.56 Å². The number of benzene rings is 1. The summed E-state index contributed by atoms with van der Waals surface area (Å²) in [7, 11) is 0. The highest BCUT2D eigenvalue weighted by molar-refractivity contribution is 6.31. The second-order valence-electron chi connectivity index (χ2n) is 4.89. The van der Waals surface area contributed by atoms with E-state index >= 15 is 0 Å². The number of hydrogen-bond acceptors (Lipinski definition) is 2. The Kier molecular flexibility index (Phi) is 4.48. The number of nitrogens with one attached hydrogen (secondary N) is 1. The maximum atomic E-state index is 12.1. The van der Waals surface area contributed by atoms with Crippen molar-refractivity contribution in [2.45, 2.75) is 44.6 Å². The Morgan fingerprint density at radius 1 is 1.22 bits per heavy atom. The van der Waals surface area contributed by atoms with Gasteiger partial charge in [-0.05, 0) is 31.0 Å². The summed E-state index contributed by atoms with van der Waals surface area (Å²) >= 11 is 5.89. The minimum absolute atomic E-state index is 0.109. The summed E-state index contributed by atoms with van der Waals surface area (Å²) in [4.78, 5) is 12.1. The topological polar surface area (TPSA) is 55.1 Å². The van der Waals surface area contributed by atoms with Crippen LogP contribution in [-0.2, 0) is 0 Å². The van der Waals surface area contributed by atoms with E-state index in [4.69, 9.17) is 17.3 Å². The van der Waals surface area contributed by atoms with Crippen LogP contribution in [0, 0.1) is 0 Å². The second kappa shape index (κ2) is 6.10. The fourth-order valence-corrected chi connectivity index (χ4v) is 2.58. The van der Waals surface area contributed by atoms with E-state index in [0.717, 1.165) is 12.8 Å². The number of nitrogen functional groups attached to an aromatic ring is 1. The third-order valence-electron chi connectivity index (χ3n) is 3.45. The van der Waals surface area contributed by atoms with Gasteiger partial charge in [-0.15, -0.1) is 0 Å². The van der Waals surface area contributed by atoms with E-state index in [1.807, 2.05) is 0 Å². The monoisotopic (exact) mass is 266 g/mol. The summed E-state index contributed by atoms with van der Waals surface area (Å²) < 4.78 is 0. The van der Waals surface area contributed by atoms with Crippen LogP contribution >= 0.6 is 11.6 Å². The van der Waals surface area contributed by atoms with Crippen LogP contribution in [0.4, 0.5) is 5.69 Å². The molecular formula is C14H19ClN2O. The van der Waals surface area contributed by atoms with Crippen LogP contribution < -0.4 is 11.1 Å². The van der Waals surface area contributed by atoms with Gasteiger partial charge in [0.2, 0.25) is 0 Å². The van der Waals surface area contributed by atoms with Crippen LogP contribution in [0.2, 0.25) is 5.02 Å². The zero-order chi connectivity index (χ0) is 13.0. The Hall–Kier alpha value is -1.22. The molecule has 1 aromatic carbocycles. The van der Waals surface area contributed by atoms with E-state index in [1.54, 1.807) is 18.2 Å². The van der Waals surface area contributed by atoms with E-state index in [1.165, 1.54) is 25.7 Å². The molecule has 4 heteroatoms. The molecule has 3 N–H and O–H groups in total. The van der Waals surface area contributed by atoms with Crippen molar-refractivity contribution in [2.24, 2.45) is 0 Å². The first-order chi connectivity index (χ1) is 8.66. The maximum Gasteiger partial charge on any atom is 0.253 e. The van der Waals surface area contributed by atoms with Gasteiger partial charge in [0.1, 0.15) is 0 Å². The molecule has 1 aliphatic carbocycles. The fraction of sp³-hybridized carbons (Fsp3) is 0.500. The van der Waals surface area contributed by atoms with Crippen molar-refractivity contribution in [3.63, 3.8) is 0 Å². The third-order valence-corrected chi connectivity index (χ3v) is 3.69. The molecule has 0 unspecified atom stereocenters. The van der Waals surface area contributed by atoms with Gasteiger partial charge in [0.15, 0.2) is 0 Å². The van der Waals surface area contributed by atoms with Crippen molar-refractivity contribution < 1.29 is 4.79 Å². The van der Waals surface area contributed by atoms with Crippen LogP contribution in [0.15, 0.2) is 18.2 Å². The standard InChI is InChI=1S/C14H19ClN2O/c15-10-7-8-13(16)12(9-10)14(18)17-11-5-3-1-2-4-6-11/h7-9,11H,1-6,16H2,(H,17,18). The van der Waals surface area contributed by atoms with Gasteiger partial charge in [-0.25, -0.2) is 0 Å². The lowest BCUT2D eigenvalue weighted by molar-refractivity contribution is 0.0934. The summed E-state index contributed by atoms with van der Waals surface area (Å²) in [5.41, 5.74) is 6.76. The SMILES string of the molecule is Nc1ccc(Cl)cc1C(=O)NC1CCCCCC1. The molecule has 0 heterocycles. The van der Waals surface area contributed by atoms with E-state index in [-0.39, 0.29) is 11.9 Å².